The second kappa shape index (κ2) is 5.16. The topological polar surface area (TPSA) is 67.3 Å². The van der Waals surface area contributed by atoms with Crippen LogP contribution >= 0.6 is 11.3 Å². The van der Waals surface area contributed by atoms with Crippen LogP contribution in [0.15, 0.2) is 5.38 Å². The molecule has 1 saturated heterocycles. The predicted octanol–water partition coefficient (Wildman–Crippen LogP) is 1.66. The largest absolute Gasteiger partial charge is 0.334 e. The van der Waals surface area contributed by atoms with E-state index in [2.05, 4.69) is 4.98 Å². The fraction of sp³-hybridized carbons (Fsp3) is 0.636. The van der Waals surface area contributed by atoms with Gasteiger partial charge in [-0.2, -0.15) is 8.42 Å². The Kier molecular flexibility index (Phi) is 3.91. The van der Waals surface area contributed by atoms with Crippen LogP contribution in [0.3, 0.4) is 0 Å². The number of thiazole rings is 1. The summed E-state index contributed by atoms with van der Waals surface area (Å²) in [6, 6.07) is -0.204. The van der Waals surface area contributed by atoms with E-state index in [0.29, 0.717) is 0 Å². The summed E-state index contributed by atoms with van der Waals surface area (Å²) < 4.78 is 33.9. The molecule has 0 aliphatic carbocycles. The van der Waals surface area contributed by atoms with Gasteiger partial charge >= 0.3 is 10.2 Å². The lowest BCUT2D eigenvalue weighted by Crippen LogP contribution is -2.29. The summed E-state index contributed by atoms with van der Waals surface area (Å²) in [6.45, 7) is 3.99. The molecule has 1 amide bonds. The van der Waals surface area contributed by atoms with Gasteiger partial charge in [0.25, 0.3) is 0 Å². The van der Waals surface area contributed by atoms with Gasteiger partial charge in [0.2, 0.25) is 5.91 Å². The molecule has 2 rings (SSSR count). The van der Waals surface area contributed by atoms with E-state index < -0.39 is 21.9 Å². The summed E-state index contributed by atoms with van der Waals surface area (Å²) in [4.78, 5) is 17.8. The van der Waals surface area contributed by atoms with Gasteiger partial charge in [-0.1, -0.05) is 0 Å². The summed E-state index contributed by atoms with van der Waals surface area (Å²) in [7, 11) is -4.53. The van der Waals surface area contributed by atoms with Gasteiger partial charge in [-0.3, -0.25) is 4.79 Å². The summed E-state index contributed by atoms with van der Waals surface area (Å²) in [5.74, 6) is -1.20. The Balaban J connectivity index is 2.08. The molecule has 2 heterocycles. The van der Waals surface area contributed by atoms with Crippen LogP contribution in [0.5, 0.6) is 0 Å². The van der Waals surface area contributed by atoms with Gasteiger partial charge in [-0.25, -0.2) is 4.98 Å². The van der Waals surface area contributed by atoms with E-state index in [9.17, 15) is 17.1 Å². The first-order chi connectivity index (χ1) is 8.76. The number of halogens is 1. The van der Waals surface area contributed by atoms with E-state index >= 15 is 0 Å². The van der Waals surface area contributed by atoms with E-state index in [1.807, 2.05) is 19.2 Å². The summed E-state index contributed by atoms with van der Waals surface area (Å²) >= 11 is 1.50. The highest BCUT2D eigenvalue weighted by atomic mass is 32.3. The number of hydrogen-bond acceptors (Lipinski definition) is 5. The molecule has 1 aliphatic rings. The molecule has 106 valence electrons. The molecule has 0 radical (unpaired) electrons. The van der Waals surface area contributed by atoms with Crippen LogP contribution in [0.2, 0.25) is 0 Å². The first-order valence-electron chi connectivity index (χ1n) is 5.90. The quantitative estimate of drug-likeness (QED) is 0.793. The molecular formula is C11H15FN2O3S2. The van der Waals surface area contributed by atoms with Crippen molar-refractivity contribution in [2.75, 3.05) is 12.3 Å². The molecule has 0 N–H and O–H groups in total. The molecule has 2 unspecified atom stereocenters. The number of hydrogen-bond donors (Lipinski definition) is 0. The summed E-state index contributed by atoms with van der Waals surface area (Å²) in [6.07, 6.45) is 0.0800. The van der Waals surface area contributed by atoms with Crippen molar-refractivity contribution in [3.63, 3.8) is 0 Å². The minimum atomic E-state index is -4.53. The van der Waals surface area contributed by atoms with Gasteiger partial charge < -0.3 is 4.90 Å². The van der Waals surface area contributed by atoms with Crippen molar-refractivity contribution in [2.45, 2.75) is 26.3 Å². The highest BCUT2D eigenvalue weighted by molar-refractivity contribution is 7.86. The minimum Gasteiger partial charge on any atom is -0.334 e. The van der Waals surface area contributed by atoms with Crippen LogP contribution in [0, 0.1) is 12.8 Å². The molecule has 1 fully saturated rings. The molecule has 19 heavy (non-hydrogen) atoms. The highest BCUT2D eigenvalue weighted by Crippen LogP contribution is 2.29. The highest BCUT2D eigenvalue weighted by Gasteiger charge is 2.36. The maximum absolute atomic E-state index is 12.7. The number of carbonyl (C=O) groups is 1. The van der Waals surface area contributed by atoms with Crippen LogP contribution in [0.4, 0.5) is 3.89 Å². The average molecular weight is 306 g/mol. The summed E-state index contributed by atoms with van der Waals surface area (Å²) in [5.41, 5.74) is 0.791. The van der Waals surface area contributed by atoms with Crippen molar-refractivity contribution in [2.24, 2.45) is 5.92 Å². The van der Waals surface area contributed by atoms with E-state index in [0.717, 1.165) is 10.7 Å². The standard InChI is InChI=1S/C11H15FN2O3S2/c1-7(10-5-18-8(2)13-10)14-4-9(3-11(14)15)6-19(12,16)17/h5,7,9H,3-4,6H2,1-2H3. The molecule has 0 spiro atoms. The summed E-state index contributed by atoms with van der Waals surface area (Å²) in [5, 5.41) is 2.79. The Bertz CT molecular complexity index is 585. The Morgan fingerprint density at radius 3 is 2.84 bits per heavy atom. The number of carbonyl (C=O) groups excluding carboxylic acids is 1. The van der Waals surface area contributed by atoms with E-state index in [1.54, 1.807) is 4.90 Å². The Labute approximate surface area is 115 Å². The zero-order valence-corrected chi connectivity index (χ0v) is 12.3. The van der Waals surface area contributed by atoms with Gasteiger partial charge in [-0.05, 0) is 13.8 Å². The van der Waals surface area contributed by atoms with Crippen LogP contribution in [0.25, 0.3) is 0 Å². The van der Waals surface area contributed by atoms with Crippen LogP contribution < -0.4 is 0 Å². The second-order valence-electron chi connectivity index (χ2n) is 4.79. The van der Waals surface area contributed by atoms with Crippen LogP contribution in [-0.4, -0.2) is 36.5 Å². The first kappa shape index (κ1) is 14.4. The molecule has 8 heteroatoms. The number of aromatic nitrogens is 1. The zero-order chi connectivity index (χ0) is 14.2. The van der Waals surface area contributed by atoms with Gasteiger partial charge in [0.05, 0.1) is 22.5 Å². The maximum Gasteiger partial charge on any atom is 0.302 e. The van der Waals surface area contributed by atoms with Crippen molar-refractivity contribution in [1.82, 2.24) is 9.88 Å². The van der Waals surface area contributed by atoms with Crippen LogP contribution in [-0.2, 0) is 15.0 Å². The van der Waals surface area contributed by atoms with Crippen molar-refractivity contribution in [3.8, 4) is 0 Å². The molecule has 0 aromatic carbocycles. The van der Waals surface area contributed by atoms with Crippen molar-refractivity contribution in [1.29, 1.82) is 0 Å². The Morgan fingerprint density at radius 2 is 2.32 bits per heavy atom. The van der Waals surface area contributed by atoms with Gasteiger partial charge in [0.1, 0.15) is 0 Å². The lowest BCUT2D eigenvalue weighted by Gasteiger charge is -2.23. The molecule has 1 aromatic heterocycles. The number of nitrogens with zero attached hydrogens (tertiary/aromatic N) is 2. The molecule has 2 atom stereocenters. The van der Waals surface area contributed by atoms with Crippen LogP contribution in [0.1, 0.15) is 30.1 Å². The van der Waals surface area contributed by atoms with E-state index in [-0.39, 0.29) is 24.9 Å². The number of aryl methyl sites for hydroxylation is 1. The number of amides is 1. The third-order valence-electron chi connectivity index (χ3n) is 3.21. The van der Waals surface area contributed by atoms with Gasteiger partial charge in [0, 0.05) is 24.3 Å². The third kappa shape index (κ3) is 3.50. The van der Waals surface area contributed by atoms with E-state index in [4.69, 9.17) is 0 Å². The van der Waals surface area contributed by atoms with Gasteiger partial charge in [0.15, 0.2) is 0 Å². The molecular weight excluding hydrogens is 291 g/mol. The number of likely N-dealkylation sites (tertiary alicyclic amines) is 1. The fourth-order valence-electron chi connectivity index (χ4n) is 2.31. The van der Waals surface area contributed by atoms with Gasteiger partial charge in [-0.15, -0.1) is 15.2 Å². The average Bonchev–Trinajstić information content (AvgIpc) is 2.82. The SMILES string of the molecule is Cc1nc(C(C)N2CC(CS(=O)(=O)F)CC2=O)cs1. The molecule has 1 aliphatic heterocycles. The molecule has 0 saturated carbocycles. The molecule has 0 bridgehead atoms. The third-order valence-corrected chi connectivity index (χ3v) is 4.87. The second-order valence-corrected chi connectivity index (χ2v) is 7.26. The lowest BCUT2D eigenvalue weighted by molar-refractivity contribution is -0.129. The zero-order valence-electron chi connectivity index (χ0n) is 10.7. The molecule has 1 aromatic rings. The van der Waals surface area contributed by atoms with Crippen molar-refractivity contribution >= 4 is 27.5 Å². The Morgan fingerprint density at radius 1 is 1.63 bits per heavy atom. The van der Waals surface area contributed by atoms with Crippen molar-refractivity contribution in [3.05, 3.63) is 16.1 Å². The fourth-order valence-corrected chi connectivity index (χ4v) is 3.79. The lowest BCUT2D eigenvalue weighted by atomic mass is 10.1. The maximum atomic E-state index is 12.7. The van der Waals surface area contributed by atoms with Crippen molar-refractivity contribution < 1.29 is 17.1 Å². The molecule has 5 nitrogen and oxygen atoms in total. The normalized spacial score (nSPS) is 21.9. The smallest absolute Gasteiger partial charge is 0.302 e. The minimum absolute atomic E-state index is 0.0800. The predicted molar refractivity (Wildman–Crippen MR) is 70.0 cm³/mol. The number of rotatable bonds is 4. The first-order valence-corrected chi connectivity index (χ1v) is 8.33. The monoisotopic (exact) mass is 306 g/mol. The van der Waals surface area contributed by atoms with E-state index in [1.165, 1.54) is 11.3 Å². The Hall–Kier alpha value is -1.02.